The quantitative estimate of drug-likeness (QED) is 0.592. The number of hydrogen-bond donors (Lipinski definition) is 1. The summed E-state index contributed by atoms with van der Waals surface area (Å²) in [6.45, 7) is 0. The number of Topliss-reactive ketones (excluding diaryl/α,β-unsaturated/α-hetero) is 1. The standard InChI is InChI=1S/C9H8FNO/c10-9-6-2-4-8(12)5(6)1-3-7(9)11/h1,3H,2,4,11H2. The van der Waals surface area contributed by atoms with Crippen molar-refractivity contribution in [2.75, 3.05) is 5.73 Å². The monoisotopic (exact) mass is 165 g/mol. The molecular weight excluding hydrogens is 157 g/mol. The van der Waals surface area contributed by atoms with E-state index in [1.54, 1.807) is 6.07 Å². The fraction of sp³-hybridized carbons (Fsp3) is 0.222. The van der Waals surface area contributed by atoms with E-state index in [9.17, 15) is 9.18 Å². The Morgan fingerprint density at radius 1 is 1.33 bits per heavy atom. The SMILES string of the molecule is Nc1ccc2c(c1F)CCC2=O. The maximum atomic E-state index is 13.2. The molecule has 0 unspecified atom stereocenters. The van der Waals surface area contributed by atoms with Gasteiger partial charge in [0.05, 0.1) is 5.69 Å². The number of benzene rings is 1. The Morgan fingerprint density at radius 2 is 2.08 bits per heavy atom. The summed E-state index contributed by atoms with van der Waals surface area (Å²) >= 11 is 0. The lowest BCUT2D eigenvalue weighted by Crippen LogP contribution is -1.97. The third-order valence-corrected chi connectivity index (χ3v) is 2.18. The number of rotatable bonds is 0. The predicted octanol–water partition coefficient (Wildman–Crippen LogP) is 1.54. The minimum absolute atomic E-state index is 0.0175. The van der Waals surface area contributed by atoms with E-state index in [1.165, 1.54) is 6.07 Å². The number of anilines is 1. The van der Waals surface area contributed by atoms with Gasteiger partial charge >= 0.3 is 0 Å². The fourth-order valence-electron chi connectivity index (χ4n) is 1.52. The van der Waals surface area contributed by atoms with Crippen LogP contribution in [0.4, 0.5) is 10.1 Å². The molecule has 2 rings (SSSR count). The molecule has 1 aromatic carbocycles. The molecule has 0 aliphatic heterocycles. The topological polar surface area (TPSA) is 43.1 Å². The van der Waals surface area contributed by atoms with Crippen LogP contribution in [-0.4, -0.2) is 5.78 Å². The van der Waals surface area contributed by atoms with Crippen molar-refractivity contribution >= 4 is 11.5 Å². The van der Waals surface area contributed by atoms with Crippen LogP contribution < -0.4 is 5.73 Å². The van der Waals surface area contributed by atoms with Gasteiger partial charge in [0.1, 0.15) is 5.82 Å². The van der Waals surface area contributed by atoms with Crippen LogP contribution in [-0.2, 0) is 6.42 Å². The minimum Gasteiger partial charge on any atom is -0.396 e. The van der Waals surface area contributed by atoms with Gasteiger partial charge in [0.25, 0.3) is 0 Å². The molecule has 0 bridgehead atoms. The Morgan fingerprint density at radius 3 is 2.83 bits per heavy atom. The van der Waals surface area contributed by atoms with Crippen molar-refractivity contribution in [2.24, 2.45) is 0 Å². The summed E-state index contributed by atoms with van der Waals surface area (Å²) in [5.74, 6) is -0.401. The van der Waals surface area contributed by atoms with E-state index in [4.69, 9.17) is 5.73 Å². The average Bonchev–Trinajstić information content (AvgIpc) is 2.41. The summed E-state index contributed by atoms with van der Waals surface area (Å²) in [6, 6.07) is 3.04. The Bertz CT molecular complexity index is 360. The molecule has 1 aliphatic rings. The number of ketones is 1. The molecule has 0 radical (unpaired) electrons. The van der Waals surface area contributed by atoms with Crippen LogP contribution in [0.3, 0.4) is 0 Å². The van der Waals surface area contributed by atoms with E-state index in [0.29, 0.717) is 24.0 Å². The number of nitrogen functional groups attached to an aromatic ring is 1. The molecule has 3 heteroatoms. The number of fused-ring (bicyclic) bond motifs is 1. The first-order valence-corrected chi connectivity index (χ1v) is 3.80. The summed E-state index contributed by atoms with van der Waals surface area (Å²) in [5, 5.41) is 0. The number of hydrogen-bond acceptors (Lipinski definition) is 2. The molecule has 1 aromatic rings. The van der Waals surface area contributed by atoms with E-state index in [-0.39, 0.29) is 11.5 Å². The fourth-order valence-corrected chi connectivity index (χ4v) is 1.52. The average molecular weight is 165 g/mol. The van der Waals surface area contributed by atoms with Gasteiger partial charge in [-0.1, -0.05) is 0 Å². The second-order valence-corrected chi connectivity index (χ2v) is 2.92. The molecule has 0 atom stereocenters. The molecule has 62 valence electrons. The zero-order valence-corrected chi connectivity index (χ0v) is 6.43. The number of carbonyl (C=O) groups excluding carboxylic acids is 1. The Balaban J connectivity index is 2.68. The molecule has 0 fully saturated rings. The van der Waals surface area contributed by atoms with Crippen LogP contribution in [0.25, 0.3) is 0 Å². The zero-order chi connectivity index (χ0) is 8.72. The van der Waals surface area contributed by atoms with Crippen LogP contribution >= 0.6 is 0 Å². The molecule has 1 aliphatic carbocycles. The van der Waals surface area contributed by atoms with Crippen LogP contribution in [0.1, 0.15) is 22.3 Å². The van der Waals surface area contributed by atoms with E-state index >= 15 is 0 Å². The molecule has 2 nitrogen and oxygen atoms in total. The van der Waals surface area contributed by atoms with Gasteiger partial charge in [0, 0.05) is 17.5 Å². The van der Waals surface area contributed by atoms with Crippen molar-refractivity contribution in [3.63, 3.8) is 0 Å². The highest BCUT2D eigenvalue weighted by Crippen LogP contribution is 2.27. The molecule has 0 spiro atoms. The van der Waals surface area contributed by atoms with E-state index in [1.807, 2.05) is 0 Å². The van der Waals surface area contributed by atoms with Crippen molar-refractivity contribution in [1.82, 2.24) is 0 Å². The van der Waals surface area contributed by atoms with Crippen molar-refractivity contribution in [1.29, 1.82) is 0 Å². The number of carbonyl (C=O) groups is 1. The minimum atomic E-state index is -0.418. The Labute approximate surface area is 69.2 Å². The molecular formula is C9H8FNO. The van der Waals surface area contributed by atoms with Crippen molar-refractivity contribution in [3.8, 4) is 0 Å². The van der Waals surface area contributed by atoms with Crippen LogP contribution in [0.15, 0.2) is 12.1 Å². The zero-order valence-electron chi connectivity index (χ0n) is 6.43. The third kappa shape index (κ3) is 0.826. The molecule has 0 amide bonds. The Hall–Kier alpha value is -1.38. The van der Waals surface area contributed by atoms with Crippen LogP contribution in [0.5, 0.6) is 0 Å². The lowest BCUT2D eigenvalue weighted by molar-refractivity contribution is 0.0994. The summed E-state index contributed by atoms with van der Waals surface area (Å²) in [7, 11) is 0. The second-order valence-electron chi connectivity index (χ2n) is 2.92. The maximum Gasteiger partial charge on any atom is 0.163 e. The third-order valence-electron chi connectivity index (χ3n) is 2.18. The first-order chi connectivity index (χ1) is 5.70. The second kappa shape index (κ2) is 2.30. The first-order valence-electron chi connectivity index (χ1n) is 3.80. The van der Waals surface area contributed by atoms with Gasteiger partial charge in [-0.3, -0.25) is 4.79 Å². The van der Waals surface area contributed by atoms with Gasteiger partial charge in [-0.05, 0) is 18.6 Å². The molecule has 0 aromatic heterocycles. The van der Waals surface area contributed by atoms with Gasteiger partial charge in [0.2, 0.25) is 0 Å². The van der Waals surface area contributed by atoms with Crippen LogP contribution in [0.2, 0.25) is 0 Å². The van der Waals surface area contributed by atoms with E-state index < -0.39 is 5.82 Å². The highest BCUT2D eigenvalue weighted by molar-refractivity contribution is 6.00. The smallest absolute Gasteiger partial charge is 0.163 e. The molecule has 0 saturated heterocycles. The number of nitrogens with two attached hydrogens (primary N) is 1. The normalized spacial score (nSPS) is 14.9. The highest BCUT2D eigenvalue weighted by atomic mass is 19.1. The van der Waals surface area contributed by atoms with Gasteiger partial charge < -0.3 is 5.73 Å². The molecule has 2 N–H and O–H groups in total. The lowest BCUT2D eigenvalue weighted by Gasteiger charge is -2.01. The van der Waals surface area contributed by atoms with E-state index in [0.717, 1.165) is 0 Å². The Kier molecular flexibility index (Phi) is 1.40. The maximum absolute atomic E-state index is 13.2. The van der Waals surface area contributed by atoms with Crippen LogP contribution in [0, 0.1) is 5.82 Å². The highest BCUT2D eigenvalue weighted by Gasteiger charge is 2.23. The summed E-state index contributed by atoms with van der Waals surface area (Å²) < 4.78 is 13.2. The summed E-state index contributed by atoms with van der Waals surface area (Å²) in [6.07, 6.45) is 0.904. The van der Waals surface area contributed by atoms with Crippen molar-refractivity contribution in [2.45, 2.75) is 12.8 Å². The van der Waals surface area contributed by atoms with Gasteiger partial charge in [-0.25, -0.2) is 4.39 Å². The van der Waals surface area contributed by atoms with Gasteiger partial charge in [-0.2, -0.15) is 0 Å². The van der Waals surface area contributed by atoms with Gasteiger partial charge in [-0.15, -0.1) is 0 Å². The molecule has 12 heavy (non-hydrogen) atoms. The van der Waals surface area contributed by atoms with Gasteiger partial charge in [0.15, 0.2) is 5.78 Å². The molecule has 0 saturated carbocycles. The predicted molar refractivity (Wildman–Crippen MR) is 43.5 cm³/mol. The van der Waals surface area contributed by atoms with Crippen molar-refractivity contribution < 1.29 is 9.18 Å². The largest absolute Gasteiger partial charge is 0.396 e. The summed E-state index contributed by atoms with van der Waals surface area (Å²) in [4.78, 5) is 11.1. The first kappa shape index (κ1) is 7.28. The van der Waals surface area contributed by atoms with E-state index in [2.05, 4.69) is 0 Å². The molecule has 0 heterocycles. The summed E-state index contributed by atoms with van der Waals surface area (Å²) in [5.41, 5.74) is 6.47. The lowest BCUT2D eigenvalue weighted by atomic mass is 10.1. The number of halogens is 1. The van der Waals surface area contributed by atoms with Crippen molar-refractivity contribution in [3.05, 3.63) is 29.1 Å².